The van der Waals surface area contributed by atoms with Gasteiger partial charge in [0.05, 0.1) is 9.37 Å². The molecule has 0 bridgehead atoms. The number of benzene rings is 1. The first-order valence-electron chi connectivity index (χ1n) is 5.39. The molecule has 0 spiro atoms. The van der Waals surface area contributed by atoms with Gasteiger partial charge in [0, 0.05) is 18.6 Å². The van der Waals surface area contributed by atoms with Crippen LogP contribution in [0.3, 0.4) is 0 Å². The maximum absolute atomic E-state index is 12.5. The molecule has 0 amide bonds. The van der Waals surface area contributed by atoms with Gasteiger partial charge in [-0.25, -0.2) is 17.4 Å². The molecule has 19 heavy (non-hydrogen) atoms. The van der Waals surface area contributed by atoms with Gasteiger partial charge >= 0.3 is 0 Å². The molecule has 0 unspecified atom stereocenters. The molecule has 0 aliphatic heterocycles. The minimum Gasteiger partial charge on any atom is -0.250 e. The smallest absolute Gasteiger partial charge is 0.250 e. The number of hydrogen-bond donors (Lipinski definition) is 0. The fourth-order valence-corrected chi connectivity index (χ4v) is 3.73. The summed E-state index contributed by atoms with van der Waals surface area (Å²) in [7, 11) is -3.66. The van der Waals surface area contributed by atoms with Crippen LogP contribution in [0.2, 0.25) is 0 Å². The highest BCUT2D eigenvalue weighted by Gasteiger charge is 2.21. The monoisotopic (exact) mass is 337 g/mol. The van der Waals surface area contributed by atoms with E-state index in [0.29, 0.717) is 15.6 Å². The van der Waals surface area contributed by atoms with Crippen molar-refractivity contribution < 1.29 is 8.42 Å². The summed E-state index contributed by atoms with van der Waals surface area (Å²) in [6.07, 6.45) is 4.45. The average Bonchev–Trinajstić information content (AvgIpc) is 2.79. The third-order valence-electron chi connectivity index (χ3n) is 2.64. The zero-order valence-electron chi connectivity index (χ0n) is 9.56. The van der Waals surface area contributed by atoms with Crippen molar-refractivity contribution in [1.82, 2.24) is 13.9 Å². The molecule has 2 heterocycles. The molecule has 0 radical (unpaired) electrons. The van der Waals surface area contributed by atoms with Crippen LogP contribution in [0.25, 0.3) is 11.2 Å². The lowest BCUT2D eigenvalue weighted by atomic mass is 10.4. The van der Waals surface area contributed by atoms with Gasteiger partial charge in [-0.05, 0) is 28.1 Å². The third kappa shape index (κ3) is 1.95. The van der Waals surface area contributed by atoms with E-state index in [9.17, 15) is 8.42 Å². The summed E-state index contributed by atoms with van der Waals surface area (Å²) >= 11 is 3.29. The summed E-state index contributed by atoms with van der Waals surface area (Å²) in [5, 5.41) is 0. The van der Waals surface area contributed by atoms with Gasteiger partial charge in [-0.15, -0.1) is 0 Å². The molecule has 0 fully saturated rings. The number of fused-ring (bicyclic) bond motifs is 1. The van der Waals surface area contributed by atoms with Crippen molar-refractivity contribution in [3.05, 3.63) is 53.4 Å². The van der Waals surface area contributed by atoms with Crippen LogP contribution in [-0.4, -0.2) is 22.4 Å². The number of nitrogens with zero attached hydrogens (tertiary/aromatic N) is 3. The zero-order valence-corrected chi connectivity index (χ0v) is 12.0. The summed E-state index contributed by atoms with van der Waals surface area (Å²) < 4.78 is 26.8. The fourth-order valence-electron chi connectivity index (χ4n) is 1.77. The van der Waals surface area contributed by atoms with Crippen molar-refractivity contribution in [3.63, 3.8) is 0 Å². The van der Waals surface area contributed by atoms with Gasteiger partial charge in [0.2, 0.25) is 0 Å². The SMILES string of the molecule is O=S(=O)(c1ccccc1)n1cc(Br)c2nccnc21. The quantitative estimate of drug-likeness (QED) is 0.720. The molecule has 3 rings (SSSR count). The van der Waals surface area contributed by atoms with Crippen LogP contribution in [0.5, 0.6) is 0 Å². The Balaban J connectivity index is 2.31. The van der Waals surface area contributed by atoms with Gasteiger partial charge in [-0.2, -0.15) is 0 Å². The molecule has 0 saturated heterocycles. The maximum atomic E-state index is 12.5. The number of rotatable bonds is 2. The highest BCUT2D eigenvalue weighted by atomic mass is 79.9. The fraction of sp³-hybridized carbons (Fsp3) is 0. The number of aromatic nitrogens is 3. The zero-order chi connectivity index (χ0) is 13.5. The van der Waals surface area contributed by atoms with E-state index in [2.05, 4.69) is 25.9 Å². The van der Waals surface area contributed by atoms with Crippen LogP contribution in [0.1, 0.15) is 0 Å². The topological polar surface area (TPSA) is 64.8 Å². The Morgan fingerprint density at radius 1 is 1.05 bits per heavy atom. The van der Waals surface area contributed by atoms with E-state index in [0.717, 1.165) is 3.97 Å². The molecule has 1 aromatic carbocycles. The van der Waals surface area contributed by atoms with E-state index < -0.39 is 10.0 Å². The van der Waals surface area contributed by atoms with Crippen molar-refractivity contribution in [3.8, 4) is 0 Å². The predicted octanol–water partition coefficient (Wildman–Crippen LogP) is 2.43. The van der Waals surface area contributed by atoms with Crippen LogP contribution in [0.4, 0.5) is 0 Å². The van der Waals surface area contributed by atoms with Gasteiger partial charge in [0.25, 0.3) is 10.0 Å². The lowest BCUT2D eigenvalue weighted by molar-refractivity contribution is 0.588. The summed E-state index contributed by atoms with van der Waals surface area (Å²) in [5.74, 6) is 0. The molecule has 7 heteroatoms. The third-order valence-corrected chi connectivity index (χ3v) is 4.89. The molecule has 0 N–H and O–H groups in total. The molecule has 0 aliphatic carbocycles. The Morgan fingerprint density at radius 2 is 1.74 bits per heavy atom. The highest BCUT2D eigenvalue weighted by Crippen LogP contribution is 2.26. The minimum atomic E-state index is -3.66. The molecule has 0 aliphatic rings. The van der Waals surface area contributed by atoms with E-state index in [4.69, 9.17) is 0 Å². The molecule has 5 nitrogen and oxygen atoms in total. The number of hydrogen-bond acceptors (Lipinski definition) is 4. The first kappa shape index (κ1) is 12.3. The van der Waals surface area contributed by atoms with E-state index in [1.807, 2.05) is 0 Å². The molecule has 0 saturated carbocycles. The summed E-state index contributed by atoms with van der Waals surface area (Å²) in [4.78, 5) is 8.41. The van der Waals surface area contributed by atoms with Crippen molar-refractivity contribution in [2.75, 3.05) is 0 Å². The van der Waals surface area contributed by atoms with Crippen molar-refractivity contribution in [2.45, 2.75) is 4.90 Å². The maximum Gasteiger partial charge on any atom is 0.269 e. The van der Waals surface area contributed by atoms with Gasteiger partial charge in [0.1, 0.15) is 5.52 Å². The second-order valence-electron chi connectivity index (χ2n) is 3.82. The molecular weight excluding hydrogens is 330 g/mol. The summed E-state index contributed by atoms with van der Waals surface area (Å²) in [6, 6.07) is 8.22. The van der Waals surface area contributed by atoms with Crippen LogP contribution in [0, 0.1) is 0 Å². The van der Waals surface area contributed by atoms with Crippen molar-refractivity contribution >= 4 is 37.1 Å². The van der Waals surface area contributed by atoms with E-state index >= 15 is 0 Å². The van der Waals surface area contributed by atoms with Gasteiger partial charge in [-0.1, -0.05) is 18.2 Å². The average molecular weight is 338 g/mol. The van der Waals surface area contributed by atoms with Crippen molar-refractivity contribution in [1.29, 1.82) is 0 Å². The lowest BCUT2D eigenvalue weighted by Crippen LogP contribution is -2.12. The minimum absolute atomic E-state index is 0.213. The molecule has 0 atom stereocenters. The highest BCUT2D eigenvalue weighted by molar-refractivity contribution is 9.10. The van der Waals surface area contributed by atoms with Gasteiger partial charge < -0.3 is 0 Å². The summed E-state index contributed by atoms with van der Waals surface area (Å²) in [5.41, 5.74) is 0.820. The van der Waals surface area contributed by atoms with E-state index in [-0.39, 0.29) is 4.90 Å². The van der Waals surface area contributed by atoms with Crippen LogP contribution in [0.15, 0.2) is 58.3 Å². The summed E-state index contributed by atoms with van der Waals surface area (Å²) in [6.45, 7) is 0. The molecule has 2 aromatic heterocycles. The number of halogens is 1. The largest absolute Gasteiger partial charge is 0.269 e. The predicted molar refractivity (Wildman–Crippen MR) is 74.3 cm³/mol. The Hall–Kier alpha value is -1.73. The first-order chi connectivity index (χ1) is 9.10. The first-order valence-corrected chi connectivity index (χ1v) is 7.62. The Labute approximate surface area is 118 Å². The van der Waals surface area contributed by atoms with Gasteiger partial charge in [-0.3, -0.25) is 4.98 Å². The molecule has 96 valence electrons. The second kappa shape index (κ2) is 4.43. The van der Waals surface area contributed by atoms with Gasteiger partial charge in [0.15, 0.2) is 5.65 Å². The van der Waals surface area contributed by atoms with Crippen molar-refractivity contribution in [2.24, 2.45) is 0 Å². The second-order valence-corrected chi connectivity index (χ2v) is 6.49. The van der Waals surface area contributed by atoms with E-state index in [1.165, 1.54) is 18.6 Å². The standard InChI is InChI=1S/C12H8BrN3O2S/c13-10-8-16(12-11(10)14-6-7-15-12)19(17,18)9-4-2-1-3-5-9/h1-8H. The van der Waals surface area contributed by atoms with Crippen LogP contribution in [-0.2, 0) is 10.0 Å². The lowest BCUT2D eigenvalue weighted by Gasteiger charge is -2.05. The normalized spacial score (nSPS) is 11.8. The molecular formula is C12H8BrN3O2S. The Kier molecular flexibility index (Phi) is 2.87. The van der Waals surface area contributed by atoms with E-state index in [1.54, 1.807) is 30.3 Å². The Morgan fingerprint density at radius 3 is 2.47 bits per heavy atom. The Bertz CT molecular complexity index is 844. The van der Waals surface area contributed by atoms with Crippen LogP contribution >= 0.6 is 15.9 Å². The molecule has 3 aromatic rings. The van der Waals surface area contributed by atoms with Crippen LogP contribution < -0.4 is 0 Å².